The Morgan fingerprint density at radius 1 is 1.09 bits per heavy atom. The lowest BCUT2D eigenvalue weighted by Crippen LogP contribution is -2.58. The minimum absolute atomic E-state index is 0.0245. The fraction of sp³-hybridized carbons (Fsp3) is 0.634. The molecular weight excluding hydrogens is 739 g/mol. The van der Waals surface area contributed by atoms with Gasteiger partial charge in [0.25, 0.3) is 5.91 Å². The first-order chi connectivity index (χ1) is 26.9. The number of pyridine rings is 1. The zero-order valence-corrected chi connectivity index (χ0v) is 33.2. The van der Waals surface area contributed by atoms with E-state index in [1.807, 2.05) is 31.2 Å². The van der Waals surface area contributed by atoms with E-state index in [0.29, 0.717) is 43.6 Å². The number of fused-ring (bicyclic) bond motifs is 5. The highest BCUT2D eigenvalue weighted by atomic mass is 32.2. The average molecular weight is 794 g/mol. The molecule has 304 valence electrons. The van der Waals surface area contributed by atoms with E-state index in [4.69, 9.17) is 19.2 Å². The number of aromatic nitrogens is 1. The van der Waals surface area contributed by atoms with Crippen LogP contribution in [0.2, 0.25) is 0 Å². The van der Waals surface area contributed by atoms with Crippen LogP contribution in [-0.4, -0.2) is 90.9 Å². The first-order valence-corrected chi connectivity index (χ1v) is 21.9. The average Bonchev–Trinajstić information content (AvgIpc) is 4.07. The van der Waals surface area contributed by atoms with Crippen LogP contribution in [0.15, 0.2) is 36.9 Å². The molecular formula is C41H55N5O9S. The summed E-state index contributed by atoms with van der Waals surface area (Å²) in [7, 11) is -2.29. The molecule has 7 unspecified atom stereocenters. The van der Waals surface area contributed by atoms with Crippen LogP contribution in [0.5, 0.6) is 11.5 Å². The number of ether oxygens (including phenoxy) is 3. The van der Waals surface area contributed by atoms with Gasteiger partial charge in [-0.3, -0.25) is 19.1 Å². The molecule has 4 amide bonds. The summed E-state index contributed by atoms with van der Waals surface area (Å²) in [5.74, 6) is -0.928. The van der Waals surface area contributed by atoms with Crippen molar-refractivity contribution in [2.45, 2.75) is 138 Å². The number of rotatable bonds is 10. The molecule has 1 saturated heterocycles. The van der Waals surface area contributed by atoms with Gasteiger partial charge in [-0.25, -0.2) is 18.2 Å². The van der Waals surface area contributed by atoms with Gasteiger partial charge >= 0.3 is 6.09 Å². The van der Waals surface area contributed by atoms with E-state index in [1.165, 1.54) is 11.0 Å². The zero-order chi connectivity index (χ0) is 39.6. The first-order valence-electron chi connectivity index (χ1n) is 20.4. The van der Waals surface area contributed by atoms with E-state index in [1.54, 1.807) is 7.11 Å². The molecule has 3 heterocycles. The van der Waals surface area contributed by atoms with Crippen molar-refractivity contribution in [2.24, 2.45) is 11.8 Å². The molecule has 2 aliphatic heterocycles. The fourth-order valence-corrected chi connectivity index (χ4v) is 10.1. The van der Waals surface area contributed by atoms with Crippen molar-refractivity contribution in [2.75, 3.05) is 13.7 Å². The SMILES string of the molecule is C=CC1CC1(NC(=O)C1CC2CN1C(=O)C(CCCC)NC(=O)OC1CCCC1CCCCCc1nc3ccc(OC)cc3cc1O2)C(=O)NS(=O)(=O)C1CC1. The summed E-state index contributed by atoms with van der Waals surface area (Å²) >= 11 is 0. The second-order valence-corrected chi connectivity index (χ2v) is 18.2. The normalized spacial score (nSPS) is 29.7. The number of benzene rings is 1. The van der Waals surface area contributed by atoms with Crippen molar-refractivity contribution in [1.29, 1.82) is 0 Å². The van der Waals surface area contributed by atoms with Gasteiger partial charge in [-0.2, -0.15) is 0 Å². The quantitative estimate of drug-likeness (QED) is 0.282. The topological polar surface area (TPSA) is 182 Å². The predicted octanol–water partition coefficient (Wildman–Crippen LogP) is 4.83. The van der Waals surface area contributed by atoms with Gasteiger partial charge in [-0.05, 0) is 94.4 Å². The number of methoxy groups -OCH3 is 1. The minimum Gasteiger partial charge on any atom is -0.497 e. The highest BCUT2D eigenvalue weighted by molar-refractivity contribution is 7.91. The summed E-state index contributed by atoms with van der Waals surface area (Å²) in [6.07, 6.45) is 10.1. The van der Waals surface area contributed by atoms with E-state index in [2.05, 4.69) is 21.9 Å². The van der Waals surface area contributed by atoms with Crippen LogP contribution in [0.4, 0.5) is 4.79 Å². The van der Waals surface area contributed by atoms with Crippen LogP contribution in [-0.2, 0) is 35.6 Å². The summed E-state index contributed by atoms with van der Waals surface area (Å²) < 4.78 is 45.9. The number of carbonyl (C=O) groups excluding carboxylic acids is 4. The summed E-state index contributed by atoms with van der Waals surface area (Å²) in [5, 5.41) is 5.89. The molecule has 56 heavy (non-hydrogen) atoms. The van der Waals surface area contributed by atoms with E-state index in [0.717, 1.165) is 68.0 Å². The number of unbranched alkanes of at least 4 members (excludes halogenated alkanes) is 1. The molecule has 0 spiro atoms. The minimum atomic E-state index is -3.89. The monoisotopic (exact) mass is 793 g/mol. The van der Waals surface area contributed by atoms with Crippen LogP contribution in [0, 0.1) is 11.8 Å². The molecule has 1 aromatic carbocycles. The molecule has 1 aromatic heterocycles. The second-order valence-electron chi connectivity index (χ2n) is 16.2. The zero-order valence-electron chi connectivity index (χ0n) is 32.4. The number of nitrogens with zero attached hydrogens (tertiary/aromatic N) is 2. The van der Waals surface area contributed by atoms with Crippen LogP contribution in [0.25, 0.3) is 10.9 Å². The molecule has 2 aromatic rings. The van der Waals surface area contributed by atoms with Gasteiger partial charge in [0, 0.05) is 17.7 Å². The number of hydrogen-bond acceptors (Lipinski definition) is 10. The number of hydrogen-bond donors (Lipinski definition) is 3. The lowest BCUT2D eigenvalue weighted by atomic mass is 9.97. The standard InChI is InChI=1S/C41H55N5O9S/c1-4-6-13-33-38(48)46-24-29(22-34(46)37(47)44-41(23-27(41)5-2)39(49)45-56(51,52)30-17-18-30)54-36-21-26-20-28(53-3)16-19-31(26)42-32(36)14-9-7-8-11-25-12-10-15-35(25)55-40(50)43-33/h5,16,19-21,25,27,29-30,33-35H,2,4,6-15,17-18,22-24H2,1,3H3,(H,43,50)(H,44,47)(H,45,49). The van der Waals surface area contributed by atoms with Gasteiger partial charge in [-0.1, -0.05) is 38.7 Å². The van der Waals surface area contributed by atoms with Crippen LogP contribution < -0.4 is 24.8 Å². The van der Waals surface area contributed by atoms with Crippen LogP contribution in [0.1, 0.15) is 103 Å². The van der Waals surface area contributed by atoms with E-state index < -0.39 is 68.7 Å². The van der Waals surface area contributed by atoms with Gasteiger partial charge in [-0.15, -0.1) is 6.58 Å². The Morgan fingerprint density at radius 3 is 2.62 bits per heavy atom. The predicted molar refractivity (Wildman–Crippen MR) is 208 cm³/mol. The Labute approximate surface area is 328 Å². The van der Waals surface area contributed by atoms with Gasteiger partial charge in [0.15, 0.2) is 0 Å². The number of carbonyl (C=O) groups is 4. The number of aryl methyl sites for hydroxylation is 1. The summed E-state index contributed by atoms with van der Waals surface area (Å²) in [6.45, 7) is 5.82. The van der Waals surface area contributed by atoms with Crippen molar-refractivity contribution in [3.63, 3.8) is 0 Å². The largest absolute Gasteiger partial charge is 0.497 e. The lowest BCUT2D eigenvalue weighted by Gasteiger charge is -2.30. The highest BCUT2D eigenvalue weighted by Crippen LogP contribution is 2.45. The Morgan fingerprint density at radius 2 is 1.89 bits per heavy atom. The maximum Gasteiger partial charge on any atom is 0.408 e. The third-order valence-corrected chi connectivity index (χ3v) is 14.0. The molecule has 14 nitrogen and oxygen atoms in total. The van der Waals surface area contributed by atoms with E-state index >= 15 is 0 Å². The molecule has 0 radical (unpaired) electrons. The van der Waals surface area contributed by atoms with E-state index in [-0.39, 0.29) is 31.4 Å². The van der Waals surface area contributed by atoms with Gasteiger partial charge in [0.2, 0.25) is 21.8 Å². The highest BCUT2D eigenvalue weighted by Gasteiger charge is 2.62. The Kier molecular flexibility index (Phi) is 11.8. The maximum atomic E-state index is 14.6. The molecule has 3 N–H and O–H groups in total. The van der Waals surface area contributed by atoms with Crippen LogP contribution >= 0.6 is 0 Å². The Hall–Kier alpha value is -4.40. The second kappa shape index (κ2) is 16.6. The molecule has 3 aliphatic carbocycles. The molecule has 15 heteroatoms. The van der Waals surface area contributed by atoms with E-state index in [9.17, 15) is 27.6 Å². The summed E-state index contributed by atoms with van der Waals surface area (Å²) in [5.41, 5.74) is 0.0465. The maximum absolute atomic E-state index is 14.6. The molecule has 5 aliphatic rings. The third kappa shape index (κ3) is 8.62. The molecule has 4 fully saturated rings. The molecule has 7 atom stereocenters. The Balaban J connectivity index is 1.21. The van der Waals surface area contributed by atoms with Crippen molar-refractivity contribution >= 4 is 44.7 Å². The molecule has 2 bridgehead atoms. The van der Waals surface area contributed by atoms with Gasteiger partial charge in [0.05, 0.1) is 30.1 Å². The number of amides is 4. The van der Waals surface area contributed by atoms with Gasteiger partial charge in [0.1, 0.15) is 41.3 Å². The van der Waals surface area contributed by atoms with Crippen molar-refractivity contribution in [3.05, 3.63) is 42.6 Å². The molecule has 3 saturated carbocycles. The van der Waals surface area contributed by atoms with Crippen molar-refractivity contribution in [1.82, 2.24) is 25.2 Å². The summed E-state index contributed by atoms with van der Waals surface area (Å²) in [6, 6.07) is 5.54. The first kappa shape index (κ1) is 39.8. The number of sulfonamides is 1. The fourth-order valence-electron chi connectivity index (χ4n) is 8.70. The third-order valence-electron chi connectivity index (χ3n) is 12.2. The Bertz CT molecular complexity index is 1950. The number of alkyl carbamates (subject to hydrolysis) is 1. The smallest absolute Gasteiger partial charge is 0.408 e. The van der Waals surface area contributed by atoms with Crippen molar-refractivity contribution in [3.8, 4) is 11.5 Å². The lowest BCUT2D eigenvalue weighted by molar-refractivity contribution is -0.141. The van der Waals surface area contributed by atoms with Crippen molar-refractivity contribution < 1.29 is 41.8 Å². The summed E-state index contributed by atoms with van der Waals surface area (Å²) in [4.78, 5) is 62.5. The van der Waals surface area contributed by atoms with Crippen LogP contribution in [0.3, 0.4) is 0 Å². The molecule has 7 rings (SSSR count). The number of nitrogens with one attached hydrogen (secondary N) is 3. The van der Waals surface area contributed by atoms with Gasteiger partial charge < -0.3 is 29.7 Å².